The minimum atomic E-state index is -1.26. The number of aliphatic hydroxyl groups is 1. The van der Waals surface area contributed by atoms with E-state index in [1.54, 1.807) is 24.0 Å². The second kappa shape index (κ2) is 13.2. The van der Waals surface area contributed by atoms with E-state index in [0.717, 1.165) is 0 Å². The molecule has 7 atom stereocenters. The fraction of sp³-hybridized carbons (Fsp3) is 0.742. The molecule has 3 fully saturated rings. The first kappa shape index (κ1) is 34.3. The number of nitrogens with zero attached hydrogens (tertiary/aromatic N) is 2. The molecule has 3 saturated heterocycles. The van der Waals surface area contributed by atoms with Crippen molar-refractivity contribution in [3.05, 3.63) is 25.3 Å². The van der Waals surface area contributed by atoms with Crippen molar-refractivity contribution in [3.8, 4) is 0 Å². The molecular weight excluding hydrogens is 606 g/mol. The van der Waals surface area contributed by atoms with Gasteiger partial charge in [-0.1, -0.05) is 48.9 Å². The largest absolute Gasteiger partial charge is 0.460 e. The van der Waals surface area contributed by atoms with E-state index in [4.69, 9.17) is 9.47 Å². The van der Waals surface area contributed by atoms with Crippen molar-refractivity contribution < 1.29 is 33.8 Å². The Bertz CT molecular complexity index is 1070. The minimum absolute atomic E-state index is 0.0645. The van der Waals surface area contributed by atoms with Crippen LogP contribution in [-0.4, -0.2) is 99.1 Å². The van der Waals surface area contributed by atoms with Crippen LogP contribution in [0.25, 0.3) is 0 Å². The highest BCUT2D eigenvalue weighted by Crippen LogP contribution is 2.60. The minimum Gasteiger partial charge on any atom is -0.460 e. The van der Waals surface area contributed by atoms with Gasteiger partial charge in [0.15, 0.2) is 0 Å². The summed E-state index contributed by atoms with van der Waals surface area (Å²) in [5.74, 6) is -3.35. The summed E-state index contributed by atoms with van der Waals surface area (Å²) < 4.78 is 12.3. The number of amides is 3. The Hall–Kier alpha value is -2.24. The number of ether oxygens (including phenoxy) is 2. The van der Waals surface area contributed by atoms with Gasteiger partial charge >= 0.3 is 5.97 Å². The molecule has 0 aliphatic carbocycles. The molecule has 1 unspecified atom stereocenters. The summed E-state index contributed by atoms with van der Waals surface area (Å²) in [5, 5.41) is 12.7. The molecule has 3 amide bonds. The average molecular weight is 655 g/mol. The summed E-state index contributed by atoms with van der Waals surface area (Å²) in [6.45, 7) is 19.5. The maximum absolute atomic E-state index is 14.6. The number of halogens is 1. The third-order valence-electron chi connectivity index (χ3n) is 8.39. The van der Waals surface area contributed by atoms with Crippen LogP contribution >= 0.6 is 15.9 Å². The first-order valence-electron chi connectivity index (χ1n) is 14.8. The van der Waals surface area contributed by atoms with E-state index in [0.29, 0.717) is 25.7 Å². The zero-order valence-corrected chi connectivity index (χ0v) is 27.4. The quantitative estimate of drug-likeness (QED) is 0.168. The smallest absolute Gasteiger partial charge is 0.312 e. The number of β-amino-alcohol motifs (C(OH)–C–C–N with tert-alkyl or cyclic N) is 1. The normalized spacial score (nSPS) is 29.2. The molecule has 3 aliphatic heterocycles. The molecule has 3 rings (SSSR count). The zero-order valence-electron chi connectivity index (χ0n) is 25.9. The molecule has 0 saturated carbocycles. The maximum Gasteiger partial charge on any atom is 0.312 e. The molecule has 0 aromatic rings. The Kier molecular flexibility index (Phi) is 10.7. The Morgan fingerprint density at radius 2 is 1.93 bits per heavy atom. The molecule has 0 radical (unpaired) electrons. The fourth-order valence-corrected chi connectivity index (χ4v) is 8.17. The number of aliphatic hydroxyl groups excluding tert-OH is 1. The third kappa shape index (κ3) is 6.78. The summed E-state index contributed by atoms with van der Waals surface area (Å²) in [5.41, 5.74) is -1.92. The number of esters is 1. The molecule has 42 heavy (non-hydrogen) atoms. The number of carbonyl (C=O) groups is 4. The SMILES string of the molecule is C=CCCC(=O)NC[C@H](C)OC(=O)[C@@H]1[C@H]2O[C@@]3(CC2Br)[C@H](C(=O)N(CC=C)C(C)(C)CC(C)(C)C)N(CCO)C(=O)[C@@H]13. The van der Waals surface area contributed by atoms with Crippen LogP contribution in [0.15, 0.2) is 25.3 Å². The van der Waals surface area contributed by atoms with Crippen molar-refractivity contribution in [2.24, 2.45) is 17.3 Å². The van der Waals surface area contributed by atoms with Gasteiger partial charge in [-0.15, -0.1) is 13.2 Å². The van der Waals surface area contributed by atoms with Gasteiger partial charge in [-0.2, -0.15) is 0 Å². The van der Waals surface area contributed by atoms with Crippen LogP contribution in [0.2, 0.25) is 0 Å². The molecule has 3 heterocycles. The van der Waals surface area contributed by atoms with Crippen LogP contribution in [0.3, 0.4) is 0 Å². The van der Waals surface area contributed by atoms with Gasteiger partial charge in [-0.3, -0.25) is 19.2 Å². The number of carbonyl (C=O) groups excluding carboxylic acids is 4. The molecule has 1 spiro atoms. The highest BCUT2D eigenvalue weighted by molar-refractivity contribution is 9.09. The second-order valence-corrected chi connectivity index (χ2v) is 14.8. The molecule has 11 heteroatoms. The number of fused-ring (bicyclic) bond motifs is 1. The van der Waals surface area contributed by atoms with Crippen molar-refractivity contribution in [2.45, 2.75) is 101 Å². The summed E-state index contributed by atoms with van der Waals surface area (Å²) >= 11 is 3.66. The van der Waals surface area contributed by atoms with Crippen molar-refractivity contribution in [2.75, 3.05) is 26.2 Å². The number of rotatable bonds is 14. The number of hydrogen-bond donors (Lipinski definition) is 2. The number of likely N-dealkylation sites (tertiary alicyclic amines) is 1. The average Bonchev–Trinajstić information content (AvgIpc) is 3.46. The van der Waals surface area contributed by atoms with E-state index in [1.165, 1.54) is 4.90 Å². The van der Waals surface area contributed by atoms with Crippen LogP contribution in [0.4, 0.5) is 0 Å². The predicted octanol–water partition coefficient (Wildman–Crippen LogP) is 2.97. The number of allylic oxidation sites excluding steroid dienone is 1. The lowest BCUT2D eigenvalue weighted by atomic mass is 9.70. The lowest BCUT2D eigenvalue weighted by molar-refractivity contribution is -0.159. The van der Waals surface area contributed by atoms with Gasteiger partial charge in [0.1, 0.15) is 17.7 Å². The number of nitrogens with one attached hydrogen (secondary N) is 1. The van der Waals surface area contributed by atoms with Crippen LogP contribution < -0.4 is 5.32 Å². The van der Waals surface area contributed by atoms with Gasteiger partial charge in [0.25, 0.3) is 0 Å². The van der Waals surface area contributed by atoms with Crippen molar-refractivity contribution in [3.63, 3.8) is 0 Å². The Labute approximate surface area is 258 Å². The lowest BCUT2D eigenvalue weighted by Crippen LogP contribution is -2.61. The van der Waals surface area contributed by atoms with Crippen LogP contribution in [0, 0.1) is 17.3 Å². The summed E-state index contributed by atoms with van der Waals surface area (Å²) in [4.78, 5) is 57.0. The van der Waals surface area contributed by atoms with Crippen LogP contribution in [-0.2, 0) is 28.7 Å². The van der Waals surface area contributed by atoms with Crippen LogP contribution in [0.1, 0.15) is 67.2 Å². The summed E-state index contributed by atoms with van der Waals surface area (Å²) in [6, 6.07) is -1.02. The van der Waals surface area contributed by atoms with Gasteiger partial charge < -0.3 is 29.7 Å². The standard InChI is InChI=1S/C31H48BrN3O7/c1-9-11-12-21(37)33-17-19(3)41-28(40)22-23-26(38)34(14-15-36)25(31(23)16-20(32)24(22)42-31)27(39)35(13-10-2)30(7,8)18-29(4,5)6/h9-10,19-20,22-25,36H,1-2,11-18H2,3-8H3,(H,33,37)/t19-,20?,22-,23+,24-,25-,31+/m0/s1. The molecule has 3 aliphatic rings. The Morgan fingerprint density at radius 1 is 1.26 bits per heavy atom. The fourth-order valence-electron chi connectivity index (χ4n) is 7.23. The molecular formula is C31H48BrN3O7. The van der Waals surface area contributed by atoms with E-state index < -0.39 is 53.1 Å². The van der Waals surface area contributed by atoms with Gasteiger partial charge in [-0.05, 0) is 45.4 Å². The number of hydrogen-bond acceptors (Lipinski definition) is 7. The predicted molar refractivity (Wildman–Crippen MR) is 163 cm³/mol. The first-order chi connectivity index (χ1) is 19.5. The van der Waals surface area contributed by atoms with E-state index in [1.807, 2.05) is 13.8 Å². The van der Waals surface area contributed by atoms with Gasteiger partial charge in [-0.25, -0.2) is 0 Å². The molecule has 236 valence electrons. The van der Waals surface area contributed by atoms with Crippen molar-refractivity contribution in [1.29, 1.82) is 0 Å². The Balaban J connectivity index is 1.92. The summed E-state index contributed by atoms with van der Waals surface area (Å²) in [6.07, 6.45) is 3.90. The van der Waals surface area contributed by atoms with E-state index in [9.17, 15) is 24.3 Å². The third-order valence-corrected chi connectivity index (χ3v) is 9.23. The van der Waals surface area contributed by atoms with Crippen molar-refractivity contribution >= 4 is 39.6 Å². The van der Waals surface area contributed by atoms with Crippen LogP contribution in [0.5, 0.6) is 0 Å². The molecule has 2 N–H and O–H groups in total. The lowest BCUT2D eigenvalue weighted by Gasteiger charge is -2.45. The first-order valence-corrected chi connectivity index (χ1v) is 15.7. The molecule has 10 nitrogen and oxygen atoms in total. The zero-order chi connectivity index (χ0) is 31.6. The van der Waals surface area contributed by atoms with Crippen molar-refractivity contribution in [1.82, 2.24) is 15.1 Å². The second-order valence-electron chi connectivity index (χ2n) is 13.6. The van der Waals surface area contributed by atoms with E-state index in [2.05, 4.69) is 55.2 Å². The van der Waals surface area contributed by atoms with E-state index in [-0.39, 0.29) is 48.3 Å². The van der Waals surface area contributed by atoms with E-state index >= 15 is 0 Å². The summed E-state index contributed by atoms with van der Waals surface area (Å²) in [7, 11) is 0. The monoisotopic (exact) mass is 653 g/mol. The molecule has 0 aromatic carbocycles. The highest BCUT2D eigenvalue weighted by atomic mass is 79.9. The number of alkyl halides is 1. The van der Waals surface area contributed by atoms with Gasteiger partial charge in [0.05, 0.1) is 31.1 Å². The highest BCUT2D eigenvalue weighted by Gasteiger charge is 2.77. The topological polar surface area (TPSA) is 125 Å². The molecule has 2 bridgehead atoms. The molecule has 0 aromatic heterocycles. The maximum atomic E-state index is 14.6. The van der Waals surface area contributed by atoms with Gasteiger partial charge in [0, 0.05) is 29.9 Å². The Morgan fingerprint density at radius 3 is 2.50 bits per heavy atom. The van der Waals surface area contributed by atoms with Gasteiger partial charge in [0.2, 0.25) is 17.7 Å².